The monoisotopic (exact) mass is 302 g/mol. The van der Waals surface area contributed by atoms with Gasteiger partial charge >= 0.3 is 48.4 Å². The molecule has 0 aromatic heterocycles. The van der Waals surface area contributed by atoms with Crippen molar-refractivity contribution in [3.05, 3.63) is 0 Å². The third kappa shape index (κ3) is 4.51. The van der Waals surface area contributed by atoms with Crippen LogP contribution in [-0.4, -0.2) is 0 Å². The normalized spacial score (nSPS) is 9.17. The molecule has 6 heavy (non-hydrogen) atoms. The minimum absolute atomic E-state index is 1.51. The van der Waals surface area contributed by atoms with Crippen molar-refractivity contribution < 1.29 is 14.0 Å². The minimum atomic E-state index is -2.25. The summed E-state index contributed by atoms with van der Waals surface area (Å²) in [6.45, 7) is 0. The van der Waals surface area contributed by atoms with Gasteiger partial charge in [0.1, 0.15) is 0 Å². The Morgan fingerprint density at radius 3 is 2.17 bits per heavy atom. The van der Waals surface area contributed by atoms with E-state index in [2.05, 4.69) is 3.65 Å². The molecule has 0 N–H and O–H groups in total. The molecule has 0 atom stereocenters. The Kier molecular flexibility index (Phi) is 4.00. The van der Waals surface area contributed by atoms with Gasteiger partial charge in [0.2, 0.25) is 0 Å². The van der Waals surface area contributed by atoms with Crippen molar-refractivity contribution >= 4 is 19.3 Å². The second-order valence-corrected chi connectivity index (χ2v) is 7.40. The van der Waals surface area contributed by atoms with Crippen LogP contribution in [0.1, 0.15) is 0 Å². The molecule has 2 nitrogen and oxygen atoms in total. The fourth-order valence-corrected chi connectivity index (χ4v) is 0.656. The summed E-state index contributed by atoms with van der Waals surface area (Å²) in [4.78, 5) is 0. The molecular formula is CCl2N2Os. The van der Waals surface area contributed by atoms with Gasteiger partial charge in [0.15, 0.2) is 0 Å². The standard InChI is InChI=1S/CN2.2ClH.Os/c2-1-3;;;/h;2*1H;/q;;;+2/p-2. The number of hydrogen-bond donors (Lipinski definition) is 0. The van der Waals surface area contributed by atoms with E-state index < -0.39 is 14.0 Å². The van der Waals surface area contributed by atoms with Gasteiger partial charge in [-0.2, -0.15) is 0 Å². The van der Waals surface area contributed by atoms with E-state index in [1.807, 2.05) is 0 Å². The zero-order chi connectivity index (χ0) is 4.99. The van der Waals surface area contributed by atoms with Crippen LogP contribution in [0.5, 0.6) is 0 Å². The third-order valence-electron chi connectivity index (χ3n) is 0.0951. The summed E-state index contributed by atoms with van der Waals surface area (Å²) in [6, 6.07) is 0. The maximum atomic E-state index is 7.70. The summed E-state index contributed by atoms with van der Waals surface area (Å²) in [5.74, 6) is 0. The molecule has 0 aliphatic carbocycles. The Labute approximate surface area is 48.6 Å². The molecule has 0 aromatic rings. The topological polar surface area (TPSA) is 36.1 Å². The van der Waals surface area contributed by atoms with Gasteiger partial charge in [0.25, 0.3) is 0 Å². The van der Waals surface area contributed by atoms with Gasteiger partial charge in [-0.1, -0.05) is 0 Å². The molecular weight excluding hydrogens is 301 g/mol. The zero-order valence-electron chi connectivity index (χ0n) is 2.50. The van der Waals surface area contributed by atoms with Gasteiger partial charge in [-0.3, -0.25) is 0 Å². The van der Waals surface area contributed by atoms with Gasteiger partial charge in [-0.05, 0) is 0 Å². The van der Waals surface area contributed by atoms with E-state index >= 15 is 0 Å². The van der Waals surface area contributed by atoms with Crippen LogP contribution in [0.2, 0.25) is 0 Å². The van der Waals surface area contributed by atoms with E-state index in [0.717, 1.165) is 0 Å². The molecule has 0 aliphatic heterocycles. The maximum absolute atomic E-state index is 7.70. The summed E-state index contributed by atoms with van der Waals surface area (Å²) in [5.41, 5.74) is 0. The Bertz CT molecular complexity index is 98.6. The second kappa shape index (κ2) is 3.69. The number of rotatable bonds is 0. The average molecular weight is 301 g/mol. The SMILES string of the molecule is N#C[N]=[Os]([Cl])[Cl]. The van der Waals surface area contributed by atoms with Crippen LogP contribution in [0, 0.1) is 11.5 Å². The molecule has 0 saturated heterocycles. The molecule has 0 rings (SSSR count). The van der Waals surface area contributed by atoms with Gasteiger partial charge in [0, 0.05) is 0 Å². The van der Waals surface area contributed by atoms with Crippen LogP contribution in [-0.2, 0) is 14.0 Å². The second-order valence-electron chi connectivity index (χ2n) is 0.349. The Morgan fingerprint density at radius 1 is 1.67 bits per heavy atom. The summed E-state index contributed by atoms with van der Waals surface area (Å²) >= 11 is -2.25. The molecule has 36 valence electrons. The Morgan fingerprint density at radius 2 is 2.17 bits per heavy atom. The van der Waals surface area contributed by atoms with Crippen molar-refractivity contribution in [1.82, 2.24) is 0 Å². The van der Waals surface area contributed by atoms with Gasteiger partial charge < -0.3 is 0 Å². The molecule has 0 spiro atoms. The van der Waals surface area contributed by atoms with E-state index in [-0.39, 0.29) is 0 Å². The van der Waals surface area contributed by atoms with Crippen molar-refractivity contribution in [2.75, 3.05) is 0 Å². The van der Waals surface area contributed by atoms with Crippen molar-refractivity contribution in [3.8, 4) is 6.19 Å². The van der Waals surface area contributed by atoms with E-state index in [1.54, 1.807) is 0 Å². The van der Waals surface area contributed by atoms with Crippen LogP contribution in [0.15, 0.2) is 3.65 Å². The first kappa shape index (κ1) is 6.51. The van der Waals surface area contributed by atoms with Crippen LogP contribution in [0.25, 0.3) is 0 Å². The first-order chi connectivity index (χ1) is 2.77. The zero-order valence-corrected chi connectivity index (χ0v) is 6.56. The van der Waals surface area contributed by atoms with Crippen LogP contribution in [0.3, 0.4) is 0 Å². The summed E-state index contributed by atoms with van der Waals surface area (Å²) in [7, 11) is 10.3. The Balaban J connectivity index is 3.51. The first-order valence-corrected chi connectivity index (χ1v) is 8.30. The van der Waals surface area contributed by atoms with E-state index in [0.29, 0.717) is 0 Å². The molecule has 0 unspecified atom stereocenters. The number of nitrogens with zero attached hydrogens (tertiary/aromatic N) is 2. The van der Waals surface area contributed by atoms with Crippen molar-refractivity contribution in [3.63, 3.8) is 0 Å². The molecule has 0 bridgehead atoms. The quantitative estimate of drug-likeness (QED) is 0.626. The predicted molar refractivity (Wildman–Crippen MR) is 19.7 cm³/mol. The van der Waals surface area contributed by atoms with Gasteiger partial charge in [-0.15, -0.1) is 0 Å². The van der Waals surface area contributed by atoms with Crippen molar-refractivity contribution in [2.24, 2.45) is 3.65 Å². The summed E-state index contributed by atoms with van der Waals surface area (Å²) in [6.07, 6.45) is 1.51. The number of hydrogen-bond acceptors (Lipinski definition) is 2. The molecule has 0 heterocycles. The molecule has 0 fully saturated rings. The van der Waals surface area contributed by atoms with E-state index in [1.165, 1.54) is 6.19 Å². The fraction of sp³-hybridized carbons (Fsp3) is 0. The van der Waals surface area contributed by atoms with Crippen molar-refractivity contribution in [2.45, 2.75) is 0 Å². The summed E-state index contributed by atoms with van der Waals surface area (Å²) in [5, 5.41) is 7.70. The number of nitriles is 1. The van der Waals surface area contributed by atoms with E-state index in [4.69, 9.17) is 24.5 Å². The van der Waals surface area contributed by atoms with E-state index in [9.17, 15) is 0 Å². The first-order valence-electron chi connectivity index (χ1n) is 0.873. The van der Waals surface area contributed by atoms with Gasteiger partial charge in [-0.25, -0.2) is 0 Å². The Hall–Kier alpha value is 0.506. The predicted octanol–water partition coefficient (Wildman–Crippen LogP) is 1.58. The summed E-state index contributed by atoms with van der Waals surface area (Å²) < 4.78 is 3.14. The number of halogens is 2. The molecule has 0 radical (unpaired) electrons. The van der Waals surface area contributed by atoms with Crippen molar-refractivity contribution in [1.29, 1.82) is 5.26 Å². The molecule has 0 aliphatic rings. The van der Waals surface area contributed by atoms with Crippen LogP contribution in [0.4, 0.5) is 0 Å². The molecule has 5 heteroatoms. The molecule has 0 aromatic carbocycles. The van der Waals surface area contributed by atoms with Crippen LogP contribution < -0.4 is 0 Å². The molecule has 0 saturated carbocycles. The third-order valence-corrected chi connectivity index (χ3v) is 1.76. The van der Waals surface area contributed by atoms with Gasteiger partial charge in [0.05, 0.1) is 0 Å². The average Bonchev–Trinajstić information content (AvgIpc) is 1.35. The fourth-order valence-electron chi connectivity index (χ4n) is 0.0267. The van der Waals surface area contributed by atoms with Crippen LogP contribution >= 0.6 is 19.3 Å². The molecule has 0 amide bonds.